The molecule has 0 saturated heterocycles. The van der Waals surface area contributed by atoms with Crippen LogP contribution in [0.2, 0.25) is 0 Å². The van der Waals surface area contributed by atoms with Crippen molar-refractivity contribution in [1.82, 2.24) is 0 Å². The first-order chi connectivity index (χ1) is 8.29. The van der Waals surface area contributed by atoms with Gasteiger partial charge in [-0.25, -0.2) is 0 Å². The number of thiophene rings is 1. The molecular formula is C13H14O3S. The summed E-state index contributed by atoms with van der Waals surface area (Å²) in [5.41, 5.74) is 0. The summed E-state index contributed by atoms with van der Waals surface area (Å²) in [6, 6.07) is 11.1. The second-order valence-corrected chi connectivity index (χ2v) is 4.50. The van der Waals surface area contributed by atoms with Crippen LogP contribution >= 0.6 is 11.3 Å². The van der Waals surface area contributed by atoms with Crippen LogP contribution in [-0.4, -0.2) is 18.8 Å². The monoisotopic (exact) mass is 250 g/mol. The van der Waals surface area contributed by atoms with Gasteiger partial charge in [0.05, 0.1) is 7.11 Å². The maximum atomic E-state index is 9.85. The highest BCUT2D eigenvalue weighted by molar-refractivity contribution is 7.10. The third-order valence-corrected chi connectivity index (χ3v) is 3.29. The van der Waals surface area contributed by atoms with E-state index in [2.05, 4.69) is 0 Å². The van der Waals surface area contributed by atoms with E-state index in [9.17, 15) is 5.11 Å². The lowest BCUT2D eigenvalue weighted by Gasteiger charge is -2.11. The molecular weight excluding hydrogens is 236 g/mol. The molecule has 0 spiro atoms. The summed E-state index contributed by atoms with van der Waals surface area (Å²) in [4.78, 5) is 0.910. The van der Waals surface area contributed by atoms with E-state index in [1.165, 1.54) is 11.3 Å². The zero-order valence-electron chi connectivity index (χ0n) is 9.50. The van der Waals surface area contributed by atoms with Gasteiger partial charge >= 0.3 is 0 Å². The Hall–Kier alpha value is -1.52. The van der Waals surface area contributed by atoms with Gasteiger partial charge in [0.15, 0.2) is 0 Å². The van der Waals surface area contributed by atoms with Crippen LogP contribution in [-0.2, 0) is 0 Å². The summed E-state index contributed by atoms with van der Waals surface area (Å²) in [7, 11) is 1.61. The van der Waals surface area contributed by atoms with Crippen LogP contribution in [0.1, 0.15) is 11.0 Å². The molecule has 3 nitrogen and oxygen atoms in total. The molecule has 0 saturated carbocycles. The molecule has 0 radical (unpaired) electrons. The van der Waals surface area contributed by atoms with E-state index in [1.54, 1.807) is 13.2 Å². The van der Waals surface area contributed by atoms with Crippen LogP contribution in [0, 0.1) is 0 Å². The molecule has 17 heavy (non-hydrogen) atoms. The van der Waals surface area contributed by atoms with Crippen LogP contribution in [0.4, 0.5) is 0 Å². The van der Waals surface area contributed by atoms with Crippen molar-refractivity contribution in [2.24, 2.45) is 0 Å². The van der Waals surface area contributed by atoms with Gasteiger partial charge in [0.1, 0.15) is 24.2 Å². The molecule has 1 aromatic carbocycles. The zero-order chi connectivity index (χ0) is 12.1. The van der Waals surface area contributed by atoms with Gasteiger partial charge in [-0.3, -0.25) is 0 Å². The van der Waals surface area contributed by atoms with Gasteiger partial charge in [-0.1, -0.05) is 12.1 Å². The van der Waals surface area contributed by atoms with Crippen molar-refractivity contribution >= 4 is 11.3 Å². The minimum Gasteiger partial charge on any atom is -0.497 e. The van der Waals surface area contributed by atoms with Crippen molar-refractivity contribution in [2.75, 3.05) is 13.7 Å². The molecule has 0 amide bonds. The molecule has 1 aromatic heterocycles. The van der Waals surface area contributed by atoms with Crippen LogP contribution in [0.25, 0.3) is 0 Å². The Morgan fingerprint density at radius 3 is 2.76 bits per heavy atom. The third kappa shape index (κ3) is 3.22. The predicted octanol–water partition coefficient (Wildman–Crippen LogP) is 2.87. The molecule has 1 N–H and O–H groups in total. The van der Waals surface area contributed by atoms with E-state index < -0.39 is 6.10 Å². The summed E-state index contributed by atoms with van der Waals surface area (Å²) in [6.45, 7) is 0.244. The normalized spacial score (nSPS) is 12.1. The molecule has 2 aromatic rings. The van der Waals surface area contributed by atoms with Gasteiger partial charge < -0.3 is 14.6 Å². The highest BCUT2D eigenvalue weighted by Gasteiger charge is 2.09. The van der Waals surface area contributed by atoms with Crippen LogP contribution < -0.4 is 9.47 Å². The molecule has 1 unspecified atom stereocenters. The van der Waals surface area contributed by atoms with Crippen LogP contribution in [0.5, 0.6) is 11.5 Å². The predicted molar refractivity (Wildman–Crippen MR) is 67.8 cm³/mol. The van der Waals surface area contributed by atoms with E-state index in [4.69, 9.17) is 9.47 Å². The van der Waals surface area contributed by atoms with Crippen molar-refractivity contribution in [3.8, 4) is 11.5 Å². The molecule has 0 bridgehead atoms. The Bertz CT molecular complexity index is 453. The number of hydrogen-bond acceptors (Lipinski definition) is 4. The largest absolute Gasteiger partial charge is 0.497 e. The van der Waals surface area contributed by atoms with Crippen molar-refractivity contribution in [1.29, 1.82) is 0 Å². The Balaban J connectivity index is 1.93. The maximum absolute atomic E-state index is 9.85. The average Bonchev–Trinajstić information content (AvgIpc) is 2.90. The van der Waals surface area contributed by atoms with Crippen LogP contribution in [0.15, 0.2) is 41.8 Å². The molecule has 0 fully saturated rings. The maximum Gasteiger partial charge on any atom is 0.123 e. The first kappa shape index (κ1) is 12.0. The molecule has 4 heteroatoms. The summed E-state index contributed by atoms with van der Waals surface area (Å²) in [5, 5.41) is 11.8. The second kappa shape index (κ2) is 5.70. The van der Waals surface area contributed by atoms with Crippen molar-refractivity contribution in [3.63, 3.8) is 0 Å². The van der Waals surface area contributed by atoms with Crippen LogP contribution in [0.3, 0.4) is 0 Å². The summed E-state index contributed by atoms with van der Waals surface area (Å²) >= 11 is 1.52. The van der Waals surface area contributed by atoms with Crippen molar-refractivity contribution < 1.29 is 14.6 Å². The van der Waals surface area contributed by atoms with Gasteiger partial charge in [-0.2, -0.15) is 0 Å². The van der Waals surface area contributed by atoms with Gasteiger partial charge in [0.25, 0.3) is 0 Å². The highest BCUT2D eigenvalue weighted by Crippen LogP contribution is 2.22. The topological polar surface area (TPSA) is 38.7 Å². The van der Waals surface area contributed by atoms with E-state index in [0.717, 1.165) is 10.6 Å². The number of ether oxygens (including phenoxy) is 2. The van der Waals surface area contributed by atoms with E-state index in [1.807, 2.05) is 35.7 Å². The average molecular weight is 250 g/mol. The highest BCUT2D eigenvalue weighted by atomic mass is 32.1. The van der Waals surface area contributed by atoms with Crippen molar-refractivity contribution in [2.45, 2.75) is 6.10 Å². The summed E-state index contributed by atoms with van der Waals surface area (Å²) in [5.74, 6) is 1.44. The minimum atomic E-state index is -0.582. The quantitative estimate of drug-likeness (QED) is 0.886. The SMILES string of the molecule is COc1cccc(OCC(O)c2cccs2)c1. The minimum absolute atomic E-state index is 0.244. The molecule has 1 heterocycles. The van der Waals surface area contributed by atoms with Crippen molar-refractivity contribution in [3.05, 3.63) is 46.7 Å². The van der Waals surface area contributed by atoms with E-state index in [0.29, 0.717) is 5.75 Å². The number of aliphatic hydroxyl groups excluding tert-OH is 1. The Labute approximate surface area is 104 Å². The lowest BCUT2D eigenvalue weighted by Crippen LogP contribution is -2.08. The first-order valence-corrected chi connectivity index (χ1v) is 6.16. The number of aliphatic hydroxyl groups is 1. The third-order valence-electron chi connectivity index (χ3n) is 2.32. The fraction of sp³-hybridized carbons (Fsp3) is 0.231. The van der Waals surface area contributed by atoms with E-state index in [-0.39, 0.29) is 6.61 Å². The smallest absolute Gasteiger partial charge is 0.123 e. The molecule has 0 aliphatic carbocycles. The fourth-order valence-electron chi connectivity index (χ4n) is 1.43. The second-order valence-electron chi connectivity index (χ2n) is 3.52. The first-order valence-electron chi connectivity index (χ1n) is 5.28. The number of hydrogen-bond donors (Lipinski definition) is 1. The van der Waals surface area contributed by atoms with Gasteiger partial charge in [-0.15, -0.1) is 11.3 Å². The lowest BCUT2D eigenvalue weighted by atomic mass is 10.3. The fourth-order valence-corrected chi connectivity index (χ4v) is 2.13. The molecule has 90 valence electrons. The molecule has 1 atom stereocenters. The zero-order valence-corrected chi connectivity index (χ0v) is 10.3. The van der Waals surface area contributed by atoms with E-state index >= 15 is 0 Å². The standard InChI is InChI=1S/C13H14O3S/c1-15-10-4-2-5-11(8-10)16-9-12(14)13-6-3-7-17-13/h2-8,12,14H,9H2,1H3. The van der Waals surface area contributed by atoms with Gasteiger partial charge in [-0.05, 0) is 23.6 Å². The van der Waals surface area contributed by atoms with Gasteiger partial charge in [0.2, 0.25) is 0 Å². The summed E-state index contributed by atoms with van der Waals surface area (Å²) in [6.07, 6.45) is -0.582. The Morgan fingerprint density at radius 2 is 2.06 bits per heavy atom. The molecule has 0 aliphatic rings. The molecule has 2 rings (SSSR count). The number of rotatable bonds is 5. The number of benzene rings is 1. The Morgan fingerprint density at radius 1 is 1.24 bits per heavy atom. The van der Waals surface area contributed by atoms with Gasteiger partial charge in [0, 0.05) is 10.9 Å². The summed E-state index contributed by atoms with van der Waals surface area (Å²) < 4.78 is 10.6. The molecule has 0 aliphatic heterocycles. The Kier molecular flexibility index (Phi) is 4.01. The number of methoxy groups -OCH3 is 1. The lowest BCUT2D eigenvalue weighted by molar-refractivity contribution is 0.111.